The van der Waals surface area contributed by atoms with E-state index in [1.807, 2.05) is 41.3 Å². The average Bonchev–Trinajstić information content (AvgIpc) is 2.66. The van der Waals surface area contributed by atoms with E-state index in [9.17, 15) is 4.79 Å². The van der Waals surface area contributed by atoms with Crippen LogP contribution in [-0.4, -0.2) is 44.2 Å². The molecule has 1 N–H and O–H groups in total. The molecular weight excluding hydrogens is 350 g/mol. The molecule has 3 rings (SSSR count). The zero-order chi connectivity index (χ0) is 18.5. The highest BCUT2D eigenvalue weighted by Crippen LogP contribution is 2.24. The fourth-order valence-electron chi connectivity index (χ4n) is 3.26. The van der Waals surface area contributed by atoms with Crippen molar-refractivity contribution >= 4 is 23.3 Å². The lowest BCUT2D eigenvalue weighted by molar-refractivity contribution is 0.194. The van der Waals surface area contributed by atoms with Crippen LogP contribution in [0, 0.1) is 6.92 Å². The van der Waals surface area contributed by atoms with Gasteiger partial charge in [0.25, 0.3) is 0 Å². The van der Waals surface area contributed by atoms with Gasteiger partial charge >= 0.3 is 6.03 Å². The summed E-state index contributed by atoms with van der Waals surface area (Å²) in [6.07, 6.45) is 0. The summed E-state index contributed by atoms with van der Waals surface area (Å²) in [5.74, 6) is 0.788. The van der Waals surface area contributed by atoms with Gasteiger partial charge in [0.15, 0.2) is 0 Å². The number of anilines is 1. The normalized spacial score (nSPS) is 14.3. The average molecular weight is 374 g/mol. The number of nitrogens with zero attached hydrogens (tertiary/aromatic N) is 2. The third kappa shape index (κ3) is 4.22. The number of benzene rings is 2. The van der Waals surface area contributed by atoms with Gasteiger partial charge in [-0.25, -0.2) is 4.79 Å². The molecule has 0 unspecified atom stereocenters. The molecule has 138 valence electrons. The van der Waals surface area contributed by atoms with Gasteiger partial charge < -0.3 is 19.9 Å². The molecule has 0 bridgehead atoms. The second kappa shape index (κ2) is 8.32. The van der Waals surface area contributed by atoms with Gasteiger partial charge in [0, 0.05) is 49.0 Å². The van der Waals surface area contributed by atoms with E-state index < -0.39 is 0 Å². The van der Waals surface area contributed by atoms with Crippen molar-refractivity contribution in [2.45, 2.75) is 13.5 Å². The van der Waals surface area contributed by atoms with E-state index in [0.717, 1.165) is 35.0 Å². The van der Waals surface area contributed by atoms with E-state index in [1.165, 1.54) is 5.69 Å². The predicted octanol–water partition coefficient (Wildman–Crippen LogP) is 3.69. The Morgan fingerprint density at radius 1 is 1.15 bits per heavy atom. The maximum absolute atomic E-state index is 12.5. The number of methoxy groups -OCH3 is 1. The first-order valence-electron chi connectivity index (χ1n) is 8.74. The van der Waals surface area contributed by atoms with Crippen LogP contribution < -0.4 is 15.0 Å². The van der Waals surface area contributed by atoms with Crippen molar-refractivity contribution in [2.75, 3.05) is 38.2 Å². The van der Waals surface area contributed by atoms with E-state index in [1.54, 1.807) is 7.11 Å². The van der Waals surface area contributed by atoms with Crippen molar-refractivity contribution < 1.29 is 9.53 Å². The minimum atomic E-state index is -0.0385. The van der Waals surface area contributed by atoms with Gasteiger partial charge in [-0.15, -0.1) is 0 Å². The quantitative estimate of drug-likeness (QED) is 0.889. The molecule has 0 aliphatic carbocycles. The smallest absolute Gasteiger partial charge is 0.317 e. The van der Waals surface area contributed by atoms with Crippen LogP contribution in [-0.2, 0) is 6.54 Å². The Morgan fingerprint density at radius 3 is 2.58 bits per heavy atom. The minimum Gasteiger partial charge on any atom is -0.496 e. The zero-order valence-corrected chi connectivity index (χ0v) is 15.9. The van der Waals surface area contributed by atoms with Crippen LogP contribution in [0.5, 0.6) is 5.75 Å². The summed E-state index contributed by atoms with van der Waals surface area (Å²) in [4.78, 5) is 16.6. The number of urea groups is 1. The Bertz CT molecular complexity index is 773. The van der Waals surface area contributed by atoms with Crippen LogP contribution in [0.1, 0.15) is 11.1 Å². The molecular formula is C20H24ClN3O2. The summed E-state index contributed by atoms with van der Waals surface area (Å²) >= 11 is 6.04. The Hall–Kier alpha value is -2.40. The van der Waals surface area contributed by atoms with Gasteiger partial charge in [-0.2, -0.15) is 0 Å². The molecule has 0 spiro atoms. The summed E-state index contributed by atoms with van der Waals surface area (Å²) in [5, 5.41) is 3.74. The molecule has 26 heavy (non-hydrogen) atoms. The number of halogens is 1. The molecule has 2 aromatic carbocycles. The lowest BCUT2D eigenvalue weighted by Gasteiger charge is -2.36. The number of hydrogen-bond donors (Lipinski definition) is 1. The van der Waals surface area contributed by atoms with Gasteiger partial charge in [0.2, 0.25) is 0 Å². The van der Waals surface area contributed by atoms with E-state index in [2.05, 4.69) is 23.2 Å². The predicted molar refractivity (Wildman–Crippen MR) is 105 cm³/mol. The Morgan fingerprint density at radius 2 is 1.88 bits per heavy atom. The summed E-state index contributed by atoms with van der Waals surface area (Å²) in [6.45, 7) is 5.53. The number of para-hydroxylation sites is 1. The molecule has 1 aliphatic heterocycles. The van der Waals surface area contributed by atoms with Crippen molar-refractivity contribution in [1.29, 1.82) is 0 Å². The Labute approximate surface area is 159 Å². The van der Waals surface area contributed by atoms with Crippen molar-refractivity contribution in [3.8, 4) is 5.75 Å². The van der Waals surface area contributed by atoms with Crippen molar-refractivity contribution in [2.24, 2.45) is 0 Å². The van der Waals surface area contributed by atoms with E-state index in [0.29, 0.717) is 19.6 Å². The molecule has 0 radical (unpaired) electrons. The van der Waals surface area contributed by atoms with Gasteiger partial charge in [0.05, 0.1) is 7.11 Å². The molecule has 1 fully saturated rings. The maximum Gasteiger partial charge on any atom is 0.317 e. The molecule has 2 amide bonds. The van der Waals surface area contributed by atoms with Crippen LogP contribution in [0.15, 0.2) is 42.5 Å². The van der Waals surface area contributed by atoms with Crippen molar-refractivity contribution in [3.63, 3.8) is 0 Å². The first kappa shape index (κ1) is 18.4. The number of aryl methyl sites for hydroxylation is 1. The van der Waals surface area contributed by atoms with E-state index >= 15 is 0 Å². The summed E-state index contributed by atoms with van der Waals surface area (Å²) < 4.78 is 5.32. The summed E-state index contributed by atoms with van der Waals surface area (Å²) in [7, 11) is 1.64. The van der Waals surface area contributed by atoms with Crippen LogP contribution >= 0.6 is 11.6 Å². The molecule has 0 atom stereocenters. The number of rotatable bonds is 4. The number of carbonyl (C=O) groups excluding carboxylic acids is 1. The first-order valence-corrected chi connectivity index (χ1v) is 9.12. The second-order valence-electron chi connectivity index (χ2n) is 6.38. The SMILES string of the molecule is COc1ccccc1CNC(=O)N1CCN(c2ccc(Cl)cc2C)CC1. The fourth-order valence-corrected chi connectivity index (χ4v) is 3.48. The largest absolute Gasteiger partial charge is 0.496 e. The molecule has 5 nitrogen and oxygen atoms in total. The zero-order valence-electron chi connectivity index (χ0n) is 15.2. The number of ether oxygens (including phenoxy) is 1. The molecule has 1 heterocycles. The van der Waals surface area contributed by atoms with Gasteiger partial charge in [-0.05, 0) is 36.8 Å². The van der Waals surface area contributed by atoms with Crippen LogP contribution in [0.25, 0.3) is 0 Å². The molecule has 2 aromatic rings. The third-order valence-corrected chi connectivity index (χ3v) is 4.92. The highest BCUT2D eigenvalue weighted by atomic mass is 35.5. The fraction of sp³-hybridized carbons (Fsp3) is 0.350. The number of hydrogen-bond acceptors (Lipinski definition) is 3. The second-order valence-corrected chi connectivity index (χ2v) is 6.81. The summed E-state index contributed by atoms with van der Waals surface area (Å²) in [6, 6.07) is 13.6. The van der Waals surface area contributed by atoms with Gasteiger partial charge in [-0.1, -0.05) is 29.8 Å². The maximum atomic E-state index is 12.5. The van der Waals surface area contributed by atoms with Crippen LogP contribution in [0.4, 0.5) is 10.5 Å². The first-order chi connectivity index (χ1) is 12.6. The third-order valence-electron chi connectivity index (χ3n) is 4.69. The number of piperazine rings is 1. The highest BCUT2D eigenvalue weighted by molar-refractivity contribution is 6.30. The molecule has 1 saturated heterocycles. The Kier molecular flexibility index (Phi) is 5.89. The van der Waals surface area contributed by atoms with Crippen molar-refractivity contribution in [3.05, 3.63) is 58.6 Å². The highest BCUT2D eigenvalue weighted by Gasteiger charge is 2.22. The lowest BCUT2D eigenvalue weighted by Crippen LogP contribution is -2.51. The van der Waals surface area contributed by atoms with Gasteiger partial charge in [0.1, 0.15) is 5.75 Å². The number of amides is 2. The topological polar surface area (TPSA) is 44.8 Å². The lowest BCUT2D eigenvalue weighted by atomic mass is 10.1. The monoisotopic (exact) mass is 373 g/mol. The molecule has 6 heteroatoms. The van der Waals surface area contributed by atoms with E-state index in [4.69, 9.17) is 16.3 Å². The standard InChI is InChI=1S/C20H24ClN3O2/c1-15-13-17(21)7-8-18(15)23-9-11-24(12-10-23)20(25)22-14-16-5-3-4-6-19(16)26-2/h3-8,13H,9-12,14H2,1-2H3,(H,22,25). The Balaban J connectivity index is 1.53. The van der Waals surface area contributed by atoms with Crippen LogP contribution in [0.3, 0.4) is 0 Å². The number of nitrogens with one attached hydrogen (secondary N) is 1. The number of carbonyl (C=O) groups is 1. The molecule has 0 aromatic heterocycles. The van der Waals surface area contributed by atoms with Crippen molar-refractivity contribution in [1.82, 2.24) is 10.2 Å². The minimum absolute atomic E-state index is 0.0385. The van der Waals surface area contributed by atoms with Crippen LogP contribution in [0.2, 0.25) is 5.02 Å². The van der Waals surface area contributed by atoms with Gasteiger partial charge in [-0.3, -0.25) is 0 Å². The van der Waals surface area contributed by atoms with E-state index in [-0.39, 0.29) is 6.03 Å². The summed E-state index contributed by atoms with van der Waals surface area (Å²) in [5.41, 5.74) is 3.31. The molecule has 1 aliphatic rings. The molecule has 0 saturated carbocycles.